The zero-order valence-corrected chi connectivity index (χ0v) is 24.0. The number of ether oxygens (including phenoxy) is 3. The van der Waals surface area contributed by atoms with Crippen LogP contribution in [-0.2, 0) is 11.4 Å². The number of amidine groups is 1. The highest BCUT2D eigenvalue weighted by molar-refractivity contribution is 9.10. The van der Waals surface area contributed by atoms with Gasteiger partial charge in [0.1, 0.15) is 12.4 Å². The third-order valence-electron chi connectivity index (χ3n) is 5.94. The monoisotopic (exact) mass is 602 g/mol. The van der Waals surface area contributed by atoms with Gasteiger partial charge in [0.15, 0.2) is 16.7 Å². The Morgan fingerprint density at radius 1 is 0.897 bits per heavy atom. The number of benzene rings is 4. The number of hydrogen-bond acceptors (Lipinski definition) is 6. The summed E-state index contributed by atoms with van der Waals surface area (Å²) in [6, 6.07) is 25.6. The Morgan fingerprint density at radius 2 is 1.64 bits per heavy atom. The van der Waals surface area contributed by atoms with Crippen LogP contribution in [-0.4, -0.2) is 24.3 Å². The zero-order valence-electron chi connectivity index (χ0n) is 21.6. The van der Waals surface area contributed by atoms with E-state index >= 15 is 0 Å². The fraction of sp³-hybridized carbons (Fsp3) is 0.161. The Balaban J connectivity index is 1.35. The number of carbonyl (C=O) groups is 1. The summed E-state index contributed by atoms with van der Waals surface area (Å²) in [5, 5.41) is 5.69. The third kappa shape index (κ3) is 6.46. The second-order valence-electron chi connectivity index (χ2n) is 8.59. The molecule has 0 bridgehead atoms. The lowest BCUT2D eigenvalue weighted by Gasteiger charge is -2.15. The predicted molar refractivity (Wildman–Crippen MR) is 162 cm³/mol. The van der Waals surface area contributed by atoms with Crippen molar-refractivity contribution in [2.24, 2.45) is 4.99 Å². The van der Waals surface area contributed by atoms with Crippen molar-refractivity contribution in [3.8, 4) is 17.2 Å². The van der Waals surface area contributed by atoms with Gasteiger partial charge in [-0.15, -0.1) is 0 Å². The van der Waals surface area contributed by atoms with Gasteiger partial charge in [-0.05, 0) is 90.0 Å². The topological polar surface area (TPSA) is 69.2 Å². The molecule has 5 rings (SSSR count). The highest BCUT2D eigenvalue weighted by Gasteiger charge is 2.24. The van der Waals surface area contributed by atoms with Gasteiger partial charge in [-0.1, -0.05) is 58.4 Å². The summed E-state index contributed by atoms with van der Waals surface area (Å²) in [4.78, 5) is 17.8. The summed E-state index contributed by atoms with van der Waals surface area (Å²) in [5.74, 6) is 1.81. The van der Waals surface area contributed by atoms with Gasteiger partial charge in [-0.2, -0.15) is 0 Å². The van der Waals surface area contributed by atoms with E-state index < -0.39 is 0 Å². The molecular formula is C31H27BrN2O4S. The number of aliphatic imine (C=N–C) groups is 1. The Morgan fingerprint density at radius 3 is 2.44 bits per heavy atom. The van der Waals surface area contributed by atoms with Crippen molar-refractivity contribution in [3.63, 3.8) is 0 Å². The van der Waals surface area contributed by atoms with Crippen molar-refractivity contribution in [2.75, 3.05) is 13.2 Å². The lowest BCUT2D eigenvalue weighted by molar-refractivity contribution is -0.115. The van der Waals surface area contributed by atoms with E-state index in [-0.39, 0.29) is 5.91 Å². The van der Waals surface area contributed by atoms with E-state index in [2.05, 4.69) is 50.5 Å². The second kappa shape index (κ2) is 12.4. The van der Waals surface area contributed by atoms with Crippen LogP contribution in [0, 0.1) is 0 Å². The molecule has 0 unspecified atom stereocenters. The van der Waals surface area contributed by atoms with Crippen molar-refractivity contribution < 1.29 is 19.0 Å². The molecular weight excluding hydrogens is 576 g/mol. The molecule has 198 valence electrons. The molecule has 1 saturated heterocycles. The Kier molecular flexibility index (Phi) is 8.54. The van der Waals surface area contributed by atoms with E-state index in [0.29, 0.717) is 41.4 Å². The Bertz CT molecular complexity index is 1560. The summed E-state index contributed by atoms with van der Waals surface area (Å²) in [7, 11) is 0. The third-order valence-corrected chi connectivity index (χ3v) is 7.54. The Labute approximate surface area is 240 Å². The molecule has 4 aromatic rings. The summed E-state index contributed by atoms with van der Waals surface area (Å²) < 4.78 is 18.4. The molecule has 1 fully saturated rings. The molecule has 0 aliphatic carbocycles. The van der Waals surface area contributed by atoms with Crippen LogP contribution in [0.15, 0.2) is 93.2 Å². The van der Waals surface area contributed by atoms with Crippen molar-refractivity contribution in [1.29, 1.82) is 0 Å². The average molecular weight is 604 g/mol. The molecule has 8 heteroatoms. The first-order valence-corrected chi connectivity index (χ1v) is 14.2. The second-order valence-corrected chi connectivity index (χ2v) is 10.5. The minimum atomic E-state index is -0.203. The molecule has 1 N–H and O–H groups in total. The molecule has 0 atom stereocenters. The van der Waals surface area contributed by atoms with Crippen molar-refractivity contribution in [3.05, 3.63) is 99.4 Å². The van der Waals surface area contributed by atoms with Crippen LogP contribution in [0.2, 0.25) is 0 Å². The smallest absolute Gasteiger partial charge is 0.264 e. The first-order chi connectivity index (χ1) is 19.0. The van der Waals surface area contributed by atoms with Crippen molar-refractivity contribution in [1.82, 2.24) is 5.32 Å². The first kappa shape index (κ1) is 26.8. The molecule has 0 aromatic heterocycles. The van der Waals surface area contributed by atoms with Gasteiger partial charge in [0.25, 0.3) is 5.91 Å². The molecule has 39 heavy (non-hydrogen) atoms. The molecule has 1 heterocycles. The van der Waals surface area contributed by atoms with Crippen LogP contribution in [0.5, 0.6) is 17.2 Å². The van der Waals surface area contributed by atoms with E-state index in [1.54, 1.807) is 0 Å². The molecule has 4 aromatic carbocycles. The van der Waals surface area contributed by atoms with Gasteiger partial charge in [0, 0.05) is 4.47 Å². The van der Waals surface area contributed by atoms with Gasteiger partial charge < -0.3 is 19.5 Å². The molecule has 0 spiro atoms. The molecule has 1 aliphatic heterocycles. The number of rotatable bonds is 9. The van der Waals surface area contributed by atoms with Crippen LogP contribution in [0.1, 0.15) is 25.0 Å². The summed E-state index contributed by atoms with van der Waals surface area (Å²) in [5.41, 5.74) is 2.63. The van der Waals surface area contributed by atoms with Crippen molar-refractivity contribution in [2.45, 2.75) is 20.5 Å². The fourth-order valence-electron chi connectivity index (χ4n) is 4.14. The number of thioether (sulfide) groups is 1. The van der Waals surface area contributed by atoms with E-state index in [1.165, 1.54) is 17.1 Å². The summed E-state index contributed by atoms with van der Waals surface area (Å²) in [6.07, 6.45) is 1.82. The maximum absolute atomic E-state index is 12.7. The highest BCUT2D eigenvalue weighted by Crippen LogP contribution is 2.37. The van der Waals surface area contributed by atoms with E-state index in [9.17, 15) is 4.79 Å². The van der Waals surface area contributed by atoms with E-state index in [0.717, 1.165) is 32.4 Å². The standard InChI is InChI=1S/C31H27BrN2O4S/c1-3-36-24-14-12-23(13-15-24)33-31-34-30(35)29(39-31)17-22-16-27(37-4-2)28(18-26(22)32)38-19-21-10-7-9-20-8-5-6-11-25(20)21/h5-18H,3-4,19H2,1-2H3,(H,33,34,35)/b29-17+. The average Bonchev–Trinajstić information content (AvgIpc) is 3.29. The fourth-order valence-corrected chi connectivity index (χ4v) is 5.41. The number of hydrogen-bond donors (Lipinski definition) is 1. The van der Waals surface area contributed by atoms with Crippen molar-refractivity contribution >= 4 is 61.3 Å². The number of nitrogens with one attached hydrogen (secondary N) is 1. The lowest BCUT2D eigenvalue weighted by atomic mass is 10.1. The number of amides is 1. The minimum absolute atomic E-state index is 0.203. The van der Waals surface area contributed by atoms with E-state index in [4.69, 9.17) is 14.2 Å². The summed E-state index contributed by atoms with van der Waals surface area (Å²) in [6.45, 7) is 5.36. The molecule has 1 aliphatic rings. The van der Waals surface area contributed by atoms with Crippen LogP contribution in [0.25, 0.3) is 16.8 Å². The highest BCUT2D eigenvalue weighted by atomic mass is 79.9. The largest absolute Gasteiger partial charge is 0.494 e. The van der Waals surface area contributed by atoms with Gasteiger partial charge in [0.05, 0.1) is 23.8 Å². The maximum Gasteiger partial charge on any atom is 0.264 e. The minimum Gasteiger partial charge on any atom is -0.494 e. The SMILES string of the molecule is CCOc1ccc(N=C2NC(=O)/C(=C\c3cc(OCC)c(OCc4cccc5ccccc45)cc3Br)S2)cc1. The summed E-state index contributed by atoms with van der Waals surface area (Å²) >= 11 is 4.94. The van der Waals surface area contributed by atoms with Crippen LogP contribution >= 0.6 is 27.7 Å². The number of carbonyl (C=O) groups excluding carboxylic acids is 1. The van der Waals surface area contributed by atoms with Gasteiger partial charge in [-0.3, -0.25) is 4.79 Å². The molecule has 1 amide bonds. The number of fused-ring (bicyclic) bond motifs is 1. The maximum atomic E-state index is 12.7. The molecule has 0 saturated carbocycles. The molecule has 6 nitrogen and oxygen atoms in total. The van der Waals surface area contributed by atoms with Crippen LogP contribution in [0.4, 0.5) is 5.69 Å². The lowest BCUT2D eigenvalue weighted by Crippen LogP contribution is -2.19. The van der Waals surface area contributed by atoms with Crippen LogP contribution in [0.3, 0.4) is 0 Å². The normalized spacial score (nSPS) is 15.1. The van der Waals surface area contributed by atoms with Crippen LogP contribution < -0.4 is 19.5 Å². The number of halogens is 1. The van der Waals surface area contributed by atoms with Gasteiger partial charge in [-0.25, -0.2) is 4.99 Å². The first-order valence-electron chi connectivity index (χ1n) is 12.6. The van der Waals surface area contributed by atoms with Gasteiger partial charge >= 0.3 is 0 Å². The Hall–Kier alpha value is -3.75. The molecule has 0 radical (unpaired) electrons. The quantitative estimate of drug-likeness (QED) is 0.197. The van der Waals surface area contributed by atoms with E-state index in [1.807, 2.05) is 74.5 Å². The van der Waals surface area contributed by atoms with Gasteiger partial charge in [0.2, 0.25) is 0 Å². The number of nitrogens with zero attached hydrogens (tertiary/aromatic N) is 1. The zero-order chi connectivity index (χ0) is 27.2. The predicted octanol–water partition coefficient (Wildman–Crippen LogP) is 7.87.